The summed E-state index contributed by atoms with van der Waals surface area (Å²) < 4.78 is 1.01. The average molecular weight is 317 g/mol. The molecule has 1 aromatic carbocycles. The maximum absolute atomic E-state index is 6.39. The van der Waals surface area contributed by atoms with E-state index in [0.29, 0.717) is 5.92 Å². The molecule has 2 rings (SSSR count). The molecule has 3 heteroatoms. The Morgan fingerprint density at radius 2 is 2.12 bits per heavy atom. The van der Waals surface area contributed by atoms with Crippen molar-refractivity contribution in [3.05, 3.63) is 33.3 Å². The Morgan fingerprint density at radius 3 is 2.76 bits per heavy atom. The van der Waals surface area contributed by atoms with Crippen LogP contribution in [0.2, 0.25) is 5.02 Å². The summed E-state index contributed by atoms with van der Waals surface area (Å²) in [4.78, 5) is 0. The average Bonchev–Trinajstić information content (AvgIpc) is 2.26. The molecule has 94 valence electrons. The molecular formula is C14H19BrClN. The van der Waals surface area contributed by atoms with Crippen LogP contribution < -0.4 is 5.73 Å². The molecule has 0 saturated heterocycles. The van der Waals surface area contributed by atoms with Crippen molar-refractivity contribution in [3.63, 3.8) is 0 Å². The third kappa shape index (κ3) is 3.46. The van der Waals surface area contributed by atoms with Crippen LogP contribution >= 0.6 is 27.5 Å². The summed E-state index contributed by atoms with van der Waals surface area (Å²) >= 11 is 9.55. The molecule has 1 saturated carbocycles. The van der Waals surface area contributed by atoms with Gasteiger partial charge in [0.05, 0.1) is 0 Å². The number of nitrogens with two attached hydrogens (primary N) is 1. The van der Waals surface area contributed by atoms with E-state index in [1.807, 2.05) is 12.1 Å². The zero-order valence-electron chi connectivity index (χ0n) is 10.1. The van der Waals surface area contributed by atoms with Gasteiger partial charge in [-0.25, -0.2) is 0 Å². The number of hydrogen-bond acceptors (Lipinski definition) is 1. The number of halogens is 2. The molecule has 0 bridgehead atoms. The topological polar surface area (TPSA) is 26.0 Å². The van der Waals surface area contributed by atoms with E-state index >= 15 is 0 Å². The van der Waals surface area contributed by atoms with E-state index < -0.39 is 0 Å². The third-order valence-corrected chi connectivity index (χ3v) is 4.43. The summed E-state index contributed by atoms with van der Waals surface area (Å²) in [6.07, 6.45) is 5.14. The fourth-order valence-corrected chi connectivity index (χ4v) is 3.73. The van der Waals surface area contributed by atoms with E-state index in [4.69, 9.17) is 17.3 Å². The first-order valence-corrected chi connectivity index (χ1v) is 7.45. The normalized spacial score (nSPS) is 26.8. The van der Waals surface area contributed by atoms with Gasteiger partial charge >= 0.3 is 0 Å². The predicted octanol–water partition coefficient (Wildman–Crippen LogP) is 4.93. The highest BCUT2D eigenvalue weighted by atomic mass is 79.9. The monoisotopic (exact) mass is 315 g/mol. The van der Waals surface area contributed by atoms with Crippen LogP contribution in [0.3, 0.4) is 0 Å². The summed E-state index contributed by atoms with van der Waals surface area (Å²) in [7, 11) is 0. The van der Waals surface area contributed by atoms with Gasteiger partial charge in [-0.2, -0.15) is 0 Å². The van der Waals surface area contributed by atoms with E-state index in [1.165, 1.54) is 25.7 Å². The molecule has 3 unspecified atom stereocenters. The molecular weight excluding hydrogens is 298 g/mol. The van der Waals surface area contributed by atoms with E-state index in [-0.39, 0.29) is 6.04 Å². The molecule has 0 heterocycles. The van der Waals surface area contributed by atoms with Gasteiger partial charge in [-0.3, -0.25) is 0 Å². The highest BCUT2D eigenvalue weighted by Gasteiger charge is 2.25. The molecule has 0 spiro atoms. The molecule has 0 radical (unpaired) electrons. The lowest BCUT2D eigenvalue weighted by Gasteiger charge is -2.31. The maximum Gasteiger partial charge on any atom is 0.0420 e. The quantitative estimate of drug-likeness (QED) is 0.822. The first-order valence-electron chi connectivity index (χ1n) is 6.28. The molecule has 3 atom stereocenters. The van der Waals surface area contributed by atoms with Crippen LogP contribution in [-0.4, -0.2) is 0 Å². The van der Waals surface area contributed by atoms with Crippen LogP contribution in [0.5, 0.6) is 0 Å². The maximum atomic E-state index is 6.39. The zero-order valence-corrected chi connectivity index (χ0v) is 12.5. The van der Waals surface area contributed by atoms with Crippen molar-refractivity contribution >= 4 is 27.5 Å². The third-order valence-electron chi connectivity index (χ3n) is 3.75. The summed E-state index contributed by atoms with van der Waals surface area (Å²) in [5.74, 6) is 1.41. The molecule has 0 aliphatic heterocycles. The van der Waals surface area contributed by atoms with E-state index in [2.05, 4.69) is 28.9 Å². The Morgan fingerprint density at radius 1 is 1.35 bits per heavy atom. The van der Waals surface area contributed by atoms with Gasteiger partial charge in [0.2, 0.25) is 0 Å². The predicted molar refractivity (Wildman–Crippen MR) is 77.2 cm³/mol. The number of benzene rings is 1. The number of hydrogen-bond donors (Lipinski definition) is 1. The van der Waals surface area contributed by atoms with Crippen LogP contribution in [0, 0.1) is 11.8 Å². The minimum atomic E-state index is 0.118. The van der Waals surface area contributed by atoms with Crippen LogP contribution in [0.1, 0.15) is 44.2 Å². The highest BCUT2D eigenvalue weighted by molar-refractivity contribution is 9.10. The van der Waals surface area contributed by atoms with Crippen molar-refractivity contribution in [3.8, 4) is 0 Å². The first kappa shape index (κ1) is 13.4. The first-order chi connectivity index (χ1) is 8.06. The van der Waals surface area contributed by atoms with Crippen molar-refractivity contribution in [2.24, 2.45) is 17.6 Å². The summed E-state index contributed by atoms with van der Waals surface area (Å²) in [5.41, 5.74) is 7.55. The molecule has 17 heavy (non-hydrogen) atoms. The Labute approximate surface area is 117 Å². The summed E-state index contributed by atoms with van der Waals surface area (Å²) in [6.45, 7) is 2.33. The molecule has 1 nitrogen and oxygen atoms in total. The molecule has 1 aliphatic rings. The van der Waals surface area contributed by atoms with Crippen molar-refractivity contribution < 1.29 is 0 Å². The molecule has 1 aliphatic carbocycles. The summed E-state index contributed by atoms with van der Waals surface area (Å²) in [6, 6.07) is 6.11. The van der Waals surface area contributed by atoms with Crippen molar-refractivity contribution in [1.29, 1.82) is 0 Å². The fourth-order valence-electron chi connectivity index (χ4n) is 2.85. The van der Waals surface area contributed by atoms with Gasteiger partial charge in [-0.05, 0) is 48.4 Å². The Bertz CT molecular complexity index is 374. The molecule has 1 aromatic rings. The molecule has 1 fully saturated rings. The van der Waals surface area contributed by atoms with E-state index in [1.54, 1.807) is 0 Å². The molecule has 2 N–H and O–H groups in total. The van der Waals surface area contributed by atoms with Crippen LogP contribution in [0.15, 0.2) is 22.7 Å². The minimum Gasteiger partial charge on any atom is -0.324 e. The van der Waals surface area contributed by atoms with Gasteiger partial charge in [0.15, 0.2) is 0 Å². The van der Waals surface area contributed by atoms with Crippen molar-refractivity contribution in [2.45, 2.75) is 38.6 Å². The van der Waals surface area contributed by atoms with Crippen molar-refractivity contribution in [1.82, 2.24) is 0 Å². The van der Waals surface area contributed by atoms with Crippen LogP contribution in [0.4, 0.5) is 0 Å². The van der Waals surface area contributed by atoms with Gasteiger partial charge in [0, 0.05) is 15.5 Å². The van der Waals surface area contributed by atoms with E-state index in [9.17, 15) is 0 Å². The van der Waals surface area contributed by atoms with Gasteiger partial charge in [-0.15, -0.1) is 0 Å². The molecule has 0 amide bonds. The Kier molecular flexibility index (Phi) is 4.51. The van der Waals surface area contributed by atoms with E-state index in [0.717, 1.165) is 21.0 Å². The smallest absolute Gasteiger partial charge is 0.0420 e. The fraction of sp³-hybridized carbons (Fsp3) is 0.571. The highest BCUT2D eigenvalue weighted by Crippen LogP contribution is 2.37. The van der Waals surface area contributed by atoms with Crippen molar-refractivity contribution in [2.75, 3.05) is 0 Å². The lowest BCUT2D eigenvalue weighted by molar-refractivity contribution is 0.248. The van der Waals surface area contributed by atoms with Gasteiger partial charge in [0.1, 0.15) is 0 Å². The summed E-state index contributed by atoms with van der Waals surface area (Å²) in [5, 5.41) is 0.758. The van der Waals surface area contributed by atoms with Crippen LogP contribution in [-0.2, 0) is 0 Å². The van der Waals surface area contributed by atoms with Crippen LogP contribution in [0.25, 0.3) is 0 Å². The van der Waals surface area contributed by atoms with Gasteiger partial charge in [-0.1, -0.05) is 47.3 Å². The largest absolute Gasteiger partial charge is 0.324 e. The number of rotatable bonds is 2. The standard InChI is InChI=1S/C14H19BrClN/c1-9-3-2-4-10(5-9)14(17)11-6-12(15)8-13(16)7-11/h6-10,14H,2-5,17H2,1H3. The lowest BCUT2D eigenvalue weighted by atomic mass is 9.77. The second-order valence-electron chi connectivity index (χ2n) is 5.26. The van der Waals surface area contributed by atoms with Gasteiger partial charge in [0.25, 0.3) is 0 Å². The van der Waals surface area contributed by atoms with Gasteiger partial charge < -0.3 is 5.73 Å². The minimum absolute atomic E-state index is 0.118. The zero-order chi connectivity index (χ0) is 12.4. The second-order valence-corrected chi connectivity index (χ2v) is 6.61. The Balaban J connectivity index is 2.15. The SMILES string of the molecule is CC1CCCC(C(N)c2cc(Cl)cc(Br)c2)C1. The Hall–Kier alpha value is -0.0500. The second kappa shape index (κ2) is 5.73. The molecule has 0 aromatic heterocycles. The lowest BCUT2D eigenvalue weighted by Crippen LogP contribution is -2.26.